The highest BCUT2D eigenvalue weighted by atomic mass is 19.1. The lowest BCUT2D eigenvalue weighted by molar-refractivity contribution is -0.385. The second-order valence-corrected chi connectivity index (χ2v) is 4.46. The van der Waals surface area contributed by atoms with Gasteiger partial charge in [-0.1, -0.05) is 0 Å². The second-order valence-electron chi connectivity index (χ2n) is 4.46. The molecule has 0 aliphatic heterocycles. The van der Waals surface area contributed by atoms with Crippen molar-refractivity contribution in [2.45, 2.75) is 25.4 Å². The van der Waals surface area contributed by atoms with Crippen LogP contribution >= 0.6 is 0 Å². The zero-order valence-electron chi connectivity index (χ0n) is 9.88. The molecule has 1 aromatic rings. The lowest BCUT2D eigenvalue weighted by atomic mass is 10.1. The number of nitrogens with zero attached hydrogens (tertiary/aromatic N) is 2. The first-order chi connectivity index (χ1) is 8.61. The van der Waals surface area contributed by atoms with E-state index in [1.54, 1.807) is 0 Å². The number of hydrogen-bond donors (Lipinski definition) is 1. The average Bonchev–Trinajstić information content (AvgIpc) is 3.14. The van der Waals surface area contributed by atoms with Gasteiger partial charge in [0, 0.05) is 30.8 Å². The van der Waals surface area contributed by atoms with Crippen molar-refractivity contribution in [3.63, 3.8) is 0 Å². The fourth-order valence-electron chi connectivity index (χ4n) is 1.96. The van der Waals surface area contributed by atoms with Gasteiger partial charge in [0.25, 0.3) is 5.69 Å². The quantitative estimate of drug-likeness (QED) is 0.619. The predicted molar refractivity (Wildman–Crippen MR) is 63.6 cm³/mol. The fraction of sp³-hybridized carbons (Fsp3) is 0.500. The molecule has 0 atom stereocenters. The van der Waals surface area contributed by atoms with Crippen LogP contribution in [0.5, 0.6) is 0 Å². The summed E-state index contributed by atoms with van der Waals surface area (Å²) in [5.74, 6) is -0.562. The number of aliphatic hydroxyl groups excluding tert-OH is 1. The van der Waals surface area contributed by atoms with Crippen LogP contribution in [-0.2, 0) is 6.54 Å². The molecule has 0 heterocycles. The van der Waals surface area contributed by atoms with Crippen LogP contribution in [-0.4, -0.2) is 34.1 Å². The van der Waals surface area contributed by atoms with Gasteiger partial charge in [-0.2, -0.15) is 0 Å². The number of non-ortho nitro benzene ring substituents is 1. The summed E-state index contributed by atoms with van der Waals surface area (Å²) in [6.07, 6.45) is 2.13. The molecule has 0 amide bonds. The summed E-state index contributed by atoms with van der Waals surface area (Å²) in [5, 5.41) is 19.5. The number of halogens is 1. The van der Waals surface area contributed by atoms with E-state index in [1.807, 2.05) is 4.90 Å². The van der Waals surface area contributed by atoms with Crippen LogP contribution in [0.1, 0.15) is 18.4 Å². The molecule has 5 nitrogen and oxygen atoms in total. The third kappa shape index (κ3) is 3.02. The molecule has 2 rings (SSSR count). The van der Waals surface area contributed by atoms with Crippen molar-refractivity contribution in [1.29, 1.82) is 0 Å². The Morgan fingerprint density at radius 1 is 1.50 bits per heavy atom. The van der Waals surface area contributed by atoms with E-state index in [0.717, 1.165) is 18.9 Å². The van der Waals surface area contributed by atoms with Crippen molar-refractivity contribution in [2.24, 2.45) is 0 Å². The van der Waals surface area contributed by atoms with E-state index in [1.165, 1.54) is 12.1 Å². The second kappa shape index (κ2) is 5.41. The largest absolute Gasteiger partial charge is 0.395 e. The molecule has 1 aromatic carbocycles. The predicted octanol–water partition coefficient (Wildman–Crippen LogP) is 1.69. The van der Waals surface area contributed by atoms with Gasteiger partial charge < -0.3 is 5.11 Å². The SMILES string of the molecule is O=[N+]([O-])c1ccc(CN(CCO)C2CC2)c(F)c1. The van der Waals surface area contributed by atoms with E-state index in [2.05, 4.69) is 0 Å². The molecule has 1 N–H and O–H groups in total. The average molecular weight is 254 g/mol. The van der Waals surface area contributed by atoms with Crippen LogP contribution in [0.2, 0.25) is 0 Å². The number of rotatable bonds is 6. The molecule has 0 spiro atoms. The normalized spacial score (nSPS) is 15.1. The van der Waals surface area contributed by atoms with Crippen LogP contribution in [0.15, 0.2) is 18.2 Å². The van der Waals surface area contributed by atoms with Crippen LogP contribution < -0.4 is 0 Å². The highest BCUT2D eigenvalue weighted by molar-refractivity contribution is 5.34. The first-order valence-electron chi connectivity index (χ1n) is 5.89. The van der Waals surface area contributed by atoms with E-state index in [9.17, 15) is 14.5 Å². The van der Waals surface area contributed by atoms with E-state index >= 15 is 0 Å². The molecule has 18 heavy (non-hydrogen) atoms. The topological polar surface area (TPSA) is 66.6 Å². The minimum absolute atomic E-state index is 0.0328. The van der Waals surface area contributed by atoms with E-state index in [4.69, 9.17) is 5.11 Å². The van der Waals surface area contributed by atoms with Gasteiger partial charge in [-0.05, 0) is 18.9 Å². The summed E-state index contributed by atoms with van der Waals surface area (Å²) in [7, 11) is 0. The molecule has 0 radical (unpaired) electrons. The van der Waals surface area contributed by atoms with Crippen molar-refractivity contribution in [3.05, 3.63) is 39.7 Å². The Labute approximate surface area is 104 Å². The molecule has 0 unspecified atom stereocenters. The van der Waals surface area contributed by atoms with Gasteiger partial charge in [-0.25, -0.2) is 4.39 Å². The van der Waals surface area contributed by atoms with Crippen LogP contribution in [0, 0.1) is 15.9 Å². The summed E-state index contributed by atoms with van der Waals surface area (Å²) >= 11 is 0. The summed E-state index contributed by atoms with van der Waals surface area (Å²) in [5.41, 5.74) is 0.192. The Bertz CT molecular complexity index is 449. The minimum Gasteiger partial charge on any atom is -0.395 e. The summed E-state index contributed by atoms with van der Waals surface area (Å²) in [6, 6.07) is 4.11. The maximum absolute atomic E-state index is 13.7. The zero-order valence-corrected chi connectivity index (χ0v) is 9.88. The molecule has 0 saturated heterocycles. The molecule has 1 saturated carbocycles. The van der Waals surface area contributed by atoms with Crippen molar-refractivity contribution < 1.29 is 14.4 Å². The zero-order chi connectivity index (χ0) is 13.1. The lowest BCUT2D eigenvalue weighted by Crippen LogP contribution is -2.29. The molecule has 0 aromatic heterocycles. The van der Waals surface area contributed by atoms with Crippen LogP contribution in [0.25, 0.3) is 0 Å². The molecule has 98 valence electrons. The highest BCUT2D eigenvalue weighted by Crippen LogP contribution is 2.28. The Morgan fingerprint density at radius 3 is 2.72 bits per heavy atom. The molecule has 1 aliphatic carbocycles. The molecule has 0 bridgehead atoms. The van der Waals surface area contributed by atoms with Crippen molar-refractivity contribution in [2.75, 3.05) is 13.2 Å². The maximum atomic E-state index is 13.7. The lowest BCUT2D eigenvalue weighted by Gasteiger charge is -2.20. The minimum atomic E-state index is -0.612. The van der Waals surface area contributed by atoms with Gasteiger partial charge in [0.05, 0.1) is 17.6 Å². The first kappa shape index (κ1) is 12.9. The fourth-order valence-corrected chi connectivity index (χ4v) is 1.96. The van der Waals surface area contributed by atoms with Crippen LogP contribution in [0.3, 0.4) is 0 Å². The Hall–Kier alpha value is -1.53. The molecule has 1 aliphatic rings. The maximum Gasteiger partial charge on any atom is 0.272 e. The van der Waals surface area contributed by atoms with Gasteiger partial charge in [0.2, 0.25) is 0 Å². The number of nitro benzene ring substituents is 1. The van der Waals surface area contributed by atoms with E-state index in [0.29, 0.717) is 24.7 Å². The van der Waals surface area contributed by atoms with Gasteiger partial charge in [0.15, 0.2) is 0 Å². The first-order valence-corrected chi connectivity index (χ1v) is 5.89. The van der Waals surface area contributed by atoms with Gasteiger partial charge in [-0.3, -0.25) is 15.0 Å². The van der Waals surface area contributed by atoms with Crippen molar-refractivity contribution in [1.82, 2.24) is 4.90 Å². The Morgan fingerprint density at radius 2 is 2.22 bits per heavy atom. The Kier molecular flexibility index (Phi) is 3.88. The number of hydrogen-bond acceptors (Lipinski definition) is 4. The monoisotopic (exact) mass is 254 g/mol. The van der Waals surface area contributed by atoms with E-state index < -0.39 is 10.7 Å². The van der Waals surface area contributed by atoms with E-state index in [-0.39, 0.29) is 12.3 Å². The van der Waals surface area contributed by atoms with Crippen molar-refractivity contribution >= 4 is 5.69 Å². The summed E-state index contributed by atoms with van der Waals surface area (Å²) in [6.45, 7) is 0.918. The molecular formula is C12H15FN2O3. The van der Waals surface area contributed by atoms with Gasteiger partial charge in [0.1, 0.15) is 5.82 Å². The molecule has 6 heteroatoms. The number of nitro groups is 1. The highest BCUT2D eigenvalue weighted by Gasteiger charge is 2.29. The number of aliphatic hydroxyl groups is 1. The summed E-state index contributed by atoms with van der Waals surface area (Å²) in [4.78, 5) is 11.9. The van der Waals surface area contributed by atoms with Crippen LogP contribution in [0.4, 0.5) is 10.1 Å². The Balaban J connectivity index is 2.10. The third-order valence-electron chi connectivity index (χ3n) is 3.07. The third-order valence-corrected chi connectivity index (χ3v) is 3.07. The van der Waals surface area contributed by atoms with Gasteiger partial charge >= 0.3 is 0 Å². The van der Waals surface area contributed by atoms with Gasteiger partial charge in [-0.15, -0.1) is 0 Å². The van der Waals surface area contributed by atoms with Crippen molar-refractivity contribution in [3.8, 4) is 0 Å². The summed E-state index contributed by atoms with van der Waals surface area (Å²) < 4.78 is 13.7. The number of benzene rings is 1. The smallest absolute Gasteiger partial charge is 0.272 e. The standard InChI is InChI=1S/C12H15FN2O3/c13-12-7-11(15(17)18)2-1-9(12)8-14(5-6-16)10-3-4-10/h1-2,7,10,16H,3-6,8H2. The molecular weight excluding hydrogens is 239 g/mol. The molecule has 1 fully saturated rings.